The van der Waals surface area contributed by atoms with E-state index in [4.69, 9.17) is 25.8 Å². The summed E-state index contributed by atoms with van der Waals surface area (Å²) in [5, 5.41) is 32.2. The Labute approximate surface area is 431 Å². The first-order valence-electron chi connectivity index (χ1n) is 24.6. The van der Waals surface area contributed by atoms with Gasteiger partial charge in [-0.15, -0.1) is 0 Å². The number of anilines is 2. The lowest BCUT2D eigenvalue weighted by Gasteiger charge is -2.39. The van der Waals surface area contributed by atoms with Crippen molar-refractivity contribution in [2.45, 2.75) is 107 Å². The maximum atomic E-state index is 14.1. The van der Waals surface area contributed by atoms with Crippen molar-refractivity contribution in [2.24, 2.45) is 5.41 Å². The Kier molecular flexibility index (Phi) is 16.4. The van der Waals surface area contributed by atoms with Crippen LogP contribution in [-0.2, 0) is 19.5 Å². The van der Waals surface area contributed by atoms with E-state index >= 15 is 0 Å². The number of allylic oxidation sites excluding steroid dienone is 1. The molecule has 0 bridgehead atoms. The van der Waals surface area contributed by atoms with Gasteiger partial charge in [0.2, 0.25) is 0 Å². The SMILES string of the molecule is CC1(C)CCC(CN2CCN(c3ccc(C(=O)NS(=O)(=O)c4ccc(NC5CCN(C6CCOCC6)CC5)c([N+](=O)[O-])c4)c(OCC4=CSC(O)(NC(=O)OC(C)(C)C)N4)c3)CC2)=C(c2ccc(Cl)cc2)C1. The maximum absolute atomic E-state index is 14.1. The van der Waals surface area contributed by atoms with E-state index in [1.807, 2.05) is 12.1 Å². The minimum absolute atomic E-state index is 0.0434. The van der Waals surface area contributed by atoms with Crippen molar-refractivity contribution in [3.8, 4) is 5.75 Å². The molecule has 0 aromatic heterocycles. The maximum Gasteiger partial charge on any atom is 0.412 e. The fraction of sp³-hybridized carbons (Fsp3) is 0.529. The molecule has 0 spiro atoms. The predicted octanol–water partition coefficient (Wildman–Crippen LogP) is 7.89. The average molecular weight is 1050 g/mol. The number of alkyl carbamates (subject to hydrolysis) is 1. The third-order valence-electron chi connectivity index (χ3n) is 13.8. The number of carbonyl (C=O) groups excluding carboxylic acids is 2. The lowest BCUT2D eigenvalue weighted by atomic mass is 9.72. The van der Waals surface area contributed by atoms with Crippen LogP contribution in [0.25, 0.3) is 5.57 Å². The lowest BCUT2D eigenvalue weighted by Crippen LogP contribution is -2.55. The van der Waals surface area contributed by atoms with Crippen LogP contribution in [0, 0.1) is 15.5 Å². The molecule has 8 rings (SSSR count). The highest BCUT2D eigenvalue weighted by atomic mass is 35.5. The third-order valence-corrected chi connectivity index (χ3v) is 16.3. The van der Waals surface area contributed by atoms with Crippen molar-refractivity contribution >= 4 is 68.0 Å². The summed E-state index contributed by atoms with van der Waals surface area (Å²) in [5.74, 6) is -0.976. The van der Waals surface area contributed by atoms with Gasteiger partial charge in [-0.25, -0.2) is 17.9 Å². The normalized spacial score (nSPS) is 21.7. The van der Waals surface area contributed by atoms with Crippen molar-refractivity contribution in [3.05, 3.63) is 104 Å². The number of benzene rings is 3. The second-order valence-corrected chi connectivity index (χ2v) is 24.2. The molecule has 1 atom stereocenters. The first-order valence-corrected chi connectivity index (χ1v) is 27.4. The largest absolute Gasteiger partial charge is 0.486 e. The molecule has 1 aliphatic carbocycles. The van der Waals surface area contributed by atoms with Gasteiger partial charge in [0.25, 0.3) is 26.8 Å². The second kappa shape index (κ2) is 22.2. The van der Waals surface area contributed by atoms with Crippen molar-refractivity contribution in [2.75, 3.05) is 75.9 Å². The molecule has 3 saturated heterocycles. The number of aliphatic hydroxyl groups is 1. The van der Waals surface area contributed by atoms with E-state index < -0.39 is 48.3 Å². The van der Waals surface area contributed by atoms with Gasteiger partial charge in [-0.2, -0.15) is 0 Å². The number of nitrogens with zero attached hydrogens (tertiary/aromatic N) is 4. The van der Waals surface area contributed by atoms with E-state index in [1.54, 1.807) is 38.3 Å². The zero-order valence-electron chi connectivity index (χ0n) is 41.6. The van der Waals surface area contributed by atoms with Gasteiger partial charge in [-0.05, 0) is 119 Å². The zero-order valence-corrected chi connectivity index (χ0v) is 44.0. The van der Waals surface area contributed by atoms with E-state index in [9.17, 15) is 33.2 Å². The van der Waals surface area contributed by atoms with Gasteiger partial charge >= 0.3 is 6.09 Å². The molecule has 0 radical (unpaired) electrons. The van der Waals surface area contributed by atoms with E-state index in [-0.39, 0.29) is 35.1 Å². The Morgan fingerprint density at radius 2 is 1.69 bits per heavy atom. The summed E-state index contributed by atoms with van der Waals surface area (Å²) in [7, 11) is -4.64. The van der Waals surface area contributed by atoms with E-state index in [0.717, 1.165) is 114 Å². The molecule has 0 saturated carbocycles. The van der Waals surface area contributed by atoms with Crippen molar-refractivity contribution in [3.63, 3.8) is 0 Å². The van der Waals surface area contributed by atoms with Gasteiger partial charge in [0, 0.05) is 99.4 Å². The summed E-state index contributed by atoms with van der Waals surface area (Å²) >= 11 is 7.12. The first kappa shape index (κ1) is 53.2. The Morgan fingerprint density at radius 1 is 0.986 bits per heavy atom. The van der Waals surface area contributed by atoms with Crippen molar-refractivity contribution in [1.82, 2.24) is 25.2 Å². The summed E-state index contributed by atoms with van der Waals surface area (Å²) in [6.45, 7) is 16.4. The smallest absolute Gasteiger partial charge is 0.412 e. The minimum Gasteiger partial charge on any atom is -0.486 e. The summed E-state index contributed by atoms with van der Waals surface area (Å²) in [4.78, 5) is 45.0. The van der Waals surface area contributed by atoms with Gasteiger partial charge in [-0.3, -0.25) is 25.1 Å². The molecule has 5 aliphatic rings. The summed E-state index contributed by atoms with van der Waals surface area (Å²) in [6, 6.07) is 17.0. The summed E-state index contributed by atoms with van der Waals surface area (Å²) in [6.07, 6.45) is 5.75. The topological polar surface area (TPSA) is 217 Å². The van der Waals surface area contributed by atoms with Gasteiger partial charge in [0.1, 0.15) is 23.6 Å². The first-order chi connectivity index (χ1) is 34.1. The minimum atomic E-state index is -4.64. The Morgan fingerprint density at radius 3 is 2.38 bits per heavy atom. The molecule has 1 unspecified atom stereocenters. The fourth-order valence-electron chi connectivity index (χ4n) is 9.94. The highest BCUT2D eigenvalue weighted by Gasteiger charge is 2.37. The molecule has 2 amide bonds. The summed E-state index contributed by atoms with van der Waals surface area (Å²) < 4.78 is 46.9. The lowest BCUT2D eigenvalue weighted by molar-refractivity contribution is -0.384. The van der Waals surface area contributed by atoms with Crippen LogP contribution >= 0.6 is 23.4 Å². The molecule has 21 heteroatoms. The summed E-state index contributed by atoms with van der Waals surface area (Å²) in [5.41, 5.74) is 4.15. The number of ether oxygens (including phenoxy) is 3. The molecular weight excluding hydrogens is 984 g/mol. The quantitative estimate of drug-likeness (QED) is 0.0555. The molecule has 4 heterocycles. The van der Waals surface area contributed by atoms with Gasteiger partial charge in [0.05, 0.1) is 21.1 Å². The molecule has 18 nitrogen and oxygen atoms in total. The number of nitro groups is 1. The molecule has 72 heavy (non-hydrogen) atoms. The molecule has 3 fully saturated rings. The molecule has 3 aromatic carbocycles. The van der Waals surface area contributed by atoms with Crippen molar-refractivity contribution in [1.29, 1.82) is 0 Å². The fourth-order valence-corrected chi connectivity index (χ4v) is 11.8. The Hall–Kier alpha value is -5.09. The standard InChI is InChI=1S/C51H67ClN8O10S2/c1-49(2,3)70-48(62)55-51(63)54-38(33-71-51)32-69-46-28-40(59-24-22-57(23-25-59)31-35-14-19-50(4,5)30-43(35)34-6-8-36(52)9-7-34)10-12-42(46)47(61)56-72(66,67)41-11-13-44(45(29-41)60(64)65)53-37-15-20-58(21-16-37)39-17-26-68-27-18-39/h6-13,28-29,33,37,39,53-54,63H,14-27,30-32H2,1-5H3,(H,55,62)(H,56,61). The number of halogens is 1. The number of nitro benzene ring substituents is 1. The van der Waals surface area contributed by atoms with Crippen LogP contribution in [0.2, 0.25) is 5.02 Å². The predicted molar refractivity (Wildman–Crippen MR) is 280 cm³/mol. The van der Waals surface area contributed by atoms with Gasteiger partial charge in [0.15, 0.2) is 0 Å². The number of amides is 2. The Bertz CT molecular complexity index is 2660. The third kappa shape index (κ3) is 13.7. The number of nitrogens with one attached hydrogen (secondary N) is 4. The van der Waals surface area contributed by atoms with E-state index in [0.29, 0.717) is 29.9 Å². The van der Waals surface area contributed by atoms with E-state index in [2.05, 4.69) is 61.4 Å². The number of carbonyl (C=O) groups is 2. The van der Waals surface area contributed by atoms with E-state index in [1.165, 1.54) is 34.9 Å². The highest BCUT2D eigenvalue weighted by molar-refractivity contribution is 8.03. The number of hydrogen-bond acceptors (Lipinski definition) is 16. The second-order valence-electron chi connectivity index (χ2n) is 21.0. The number of piperazine rings is 1. The monoisotopic (exact) mass is 1050 g/mol. The zero-order chi connectivity index (χ0) is 51.4. The number of sulfonamides is 1. The van der Waals surface area contributed by atoms with Gasteiger partial charge in [-0.1, -0.05) is 54.9 Å². The van der Waals surface area contributed by atoms with Gasteiger partial charge < -0.3 is 39.8 Å². The number of hydrogen-bond donors (Lipinski definition) is 5. The molecule has 3 aromatic rings. The molecule has 390 valence electrons. The van der Waals surface area contributed by atoms with Crippen LogP contribution < -0.4 is 30.3 Å². The van der Waals surface area contributed by atoms with Crippen LogP contribution in [-0.4, -0.2) is 129 Å². The van der Waals surface area contributed by atoms with Crippen LogP contribution in [0.5, 0.6) is 5.75 Å². The number of piperidine rings is 1. The number of rotatable bonds is 15. The molecule has 4 aliphatic heterocycles. The number of likely N-dealkylation sites (tertiary alicyclic amines) is 1. The van der Waals surface area contributed by atoms with Crippen LogP contribution in [0.1, 0.15) is 95.5 Å². The van der Waals surface area contributed by atoms with Crippen LogP contribution in [0.3, 0.4) is 0 Å². The number of thioether (sulfide) groups is 1. The Balaban J connectivity index is 0.967. The van der Waals surface area contributed by atoms with Crippen LogP contribution in [0.4, 0.5) is 21.9 Å². The molecular formula is C51H67ClN8O10S2. The van der Waals surface area contributed by atoms with Crippen LogP contribution in [0.15, 0.2) is 82.2 Å². The molecule has 5 N–H and O–H groups in total. The highest BCUT2D eigenvalue weighted by Crippen LogP contribution is 2.44. The van der Waals surface area contributed by atoms with Crippen molar-refractivity contribution < 1.29 is 42.2 Å². The average Bonchev–Trinajstić information content (AvgIpc) is 3.71.